The van der Waals surface area contributed by atoms with Crippen molar-refractivity contribution in [3.8, 4) is 0 Å². The number of likely N-dealkylation sites (N-methyl/N-ethyl adjacent to an activating group) is 1. The molecule has 0 saturated carbocycles. The first-order valence-electron chi connectivity index (χ1n) is 8.38. The molecule has 0 aromatic heterocycles. The van der Waals surface area contributed by atoms with Gasteiger partial charge in [0.15, 0.2) is 5.82 Å². The first kappa shape index (κ1) is 16.9. The van der Waals surface area contributed by atoms with Gasteiger partial charge in [0.1, 0.15) is 5.69 Å². The van der Waals surface area contributed by atoms with E-state index in [1.54, 1.807) is 6.07 Å². The van der Waals surface area contributed by atoms with Crippen LogP contribution < -0.4 is 9.80 Å². The van der Waals surface area contributed by atoms with Crippen molar-refractivity contribution in [2.45, 2.75) is 6.92 Å². The van der Waals surface area contributed by atoms with Crippen LogP contribution in [0, 0.1) is 15.9 Å². The Morgan fingerprint density at radius 2 is 1.71 bits per heavy atom. The third-order valence-electron chi connectivity index (χ3n) is 4.75. The summed E-state index contributed by atoms with van der Waals surface area (Å²) in [7, 11) is 0. The number of hydrogen-bond donors (Lipinski definition) is 0. The summed E-state index contributed by atoms with van der Waals surface area (Å²) in [4.78, 5) is 17.1. The largest absolute Gasteiger partial charge is 0.378 e. The topological polar surface area (TPSA) is 62.1 Å². The van der Waals surface area contributed by atoms with E-state index >= 15 is 0 Å². The molecule has 0 radical (unpaired) electrons. The molecule has 2 heterocycles. The molecule has 0 N–H and O–H groups in total. The first-order chi connectivity index (χ1) is 11.6. The Labute approximate surface area is 140 Å². The van der Waals surface area contributed by atoms with Crippen LogP contribution in [0.15, 0.2) is 12.1 Å². The van der Waals surface area contributed by atoms with Gasteiger partial charge >= 0.3 is 0 Å². The highest BCUT2D eigenvalue weighted by Gasteiger charge is 2.27. The highest BCUT2D eigenvalue weighted by Crippen LogP contribution is 2.35. The zero-order valence-electron chi connectivity index (χ0n) is 13.9. The minimum absolute atomic E-state index is 0.158. The van der Waals surface area contributed by atoms with E-state index in [-0.39, 0.29) is 5.69 Å². The van der Waals surface area contributed by atoms with Gasteiger partial charge in [0, 0.05) is 39.3 Å². The number of nitrogens with zero attached hydrogens (tertiary/aromatic N) is 4. The molecule has 0 atom stereocenters. The summed E-state index contributed by atoms with van der Waals surface area (Å²) in [5, 5.41) is 11.4. The minimum Gasteiger partial charge on any atom is -0.378 e. The predicted octanol–water partition coefficient (Wildman–Crippen LogP) is 1.71. The molecule has 8 heteroatoms. The molecule has 7 nitrogen and oxygen atoms in total. The van der Waals surface area contributed by atoms with Gasteiger partial charge in [0.05, 0.1) is 29.9 Å². The first-order valence-corrected chi connectivity index (χ1v) is 8.38. The van der Waals surface area contributed by atoms with Crippen molar-refractivity contribution in [2.75, 3.05) is 68.8 Å². The average molecular weight is 338 g/mol. The number of nitro benzene ring substituents is 1. The zero-order valence-corrected chi connectivity index (χ0v) is 13.9. The number of nitro groups is 1. The van der Waals surface area contributed by atoms with E-state index in [1.165, 1.54) is 0 Å². The number of anilines is 2. The maximum absolute atomic E-state index is 14.4. The lowest BCUT2D eigenvalue weighted by Gasteiger charge is -2.36. The monoisotopic (exact) mass is 338 g/mol. The fourth-order valence-electron chi connectivity index (χ4n) is 3.29. The number of rotatable bonds is 4. The van der Waals surface area contributed by atoms with Crippen LogP contribution >= 0.6 is 0 Å². The van der Waals surface area contributed by atoms with Crippen molar-refractivity contribution in [1.82, 2.24) is 4.90 Å². The second-order valence-electron chi connectivity index (χ2n) is 6.07. The van der Waals surface area contributed by atoms with E-state index < -0.39 is 10.7 Å². The average Bonchev–Trinajstić information content (AvgIpc) is 2.62. The third-order valence-corrected chi connectivity index (χ3v) is 4.75. The van der Waals surface area contributed by atoms with Crippen LogP contribution in [0.25, 0.3) is 0 Å². The summed E-state index contributed by atoms with van der Waals surface area (Å²) in [6.45, 7) is 8.49. The number of morpholine rings is 1. The maximum atomic E-state index is 14.4. The molecular formula is C16H23FN4O3. The Bertz CT molecular complexity index is 599. The molecule has 0 spiro atoms. The molecule has 0 amide bonds. The SMILES string of the molecule is CCN1CCN(c2cc(N3CCOCC3)c(F)cc2[N+](=O)[O-])CC1. The molecule has 2 aliphatic rings. The van der Waals surface area contributed by atoms with Crippen molar-refractivity contribution in [3.05, 3.63) is 28.1 Å². The van der Waals surface area contributed by atoms with Gasteiger partial charge in [0.2, 0.25) is 0 Å². The van der Waals surface area contributed by atoms with E-state index in [2.05, 4.69) is 11.8 Å². The minimum atomic E-state index is -0.542. The van der Waals surface area contributed by atoms with E-state index in [0.717, 1.165) is 25.7 Å². The molecule has 3 rings (SSSR count). The molecule has 0 aliphatic carbocycles. The summed E-state index contributed by atoms with van der Waals surface area (Å²) >= 11 is 0. The maximum Gasteiger partial charge on any atom is 0.295 e. The molecule has 2 fully saturated rings. The molecule has 1 aromatic carbocycles. The summed E-state index contributed by atoms with van der Waals surface area (Å²) in [6.07, 6.45) is 0. The Balaban J connectivity index is 1.91. The van der Waals surface area contributed by atoms with Crippen LogP contribution in [0.3, 0.4) is 0 Å². The Kier molecular flexibility index (Phi) is 5.15. The van der Waals surface area contributed by atoms with E-state index in [4.69, 9.17) is 4.74 Å². The fraction of sp³-hybridized carbons (Fsp3) is 0.625. The highest BCUT2D eigenvalue weighted by molar-refractivity contribution is 5.71. The highest BCUT2D eigenvalue weighted by atomic mass is 19.1. The number of ether oxygens (including phenoxy) is 1. The normalized spacial score (nSPS) is 19.6. The summed E-state index contributed by atoms with van der Waals surface area (Å²) in [5.74, 6) is -0.542. The molecule has 1 aromatic rings. The molecule has 24 heavy (non-hydrogen) atoms. The van der Waals surface area contributed by atoms with Gasteiger partial charge in [0.25, 0.3) is 5.69 Å². The van der Waals surface area contributed by atoms with Gasteiger partial charge < -0.3 is 19.4 Å². The lowest BCUT2D eigenvalue weighted by Crippen LogP contribution is -2.46. The van der Waals surface area contributed by atoms with Crippen LogP contribution in [0.5, 0.6) is 0 Å². The third kappa shape index (κ3) is 3.44. The Morgan fingerprint density at radius 1 is 1.08 bits per heavy atom. The van der Waals surface area contributed by atoms with Crippen LogP contribution in [-0.2, 0) is 4.74 Å². The lowest BCUT2D eigenvalue weighted by atomic mass is 10.1. The second kappa shape index (κ2) is 7.31. The molecule has 132 valence electrons. The summed E-state index contributed by atoms with van der Waals surface area (Å²) in [6, 6.07) is 2.70. The number of halogens is 1. The van der Waals surface area contributed by atoms with Gasteiger partial charge in [-0.1, -0.05) is 6.92 Å². The van der Waals surface area contributed by atoms with Crippen molar-refractivity contribution in [3.63, 3.8) is 0 Å². The van der Waals surface area contributed by atoms with Gasteiger partial charge in [-0.3, -0.25) is 10.1 Å². The number of benzene rings is 1. The van der Waals surface area contributed by atoms with Crippen molar-refractivity contribution in [2.24, 2.45) is 0 Å². The second-order valence-corrected chi connectivity index (χ2v) is 6.07. The van der Waals surface area contributed by atoms with Gasteiger partial charge in [-0.05, 0) is 12.6 Å². The summed E-state index contributed by atoms with van der Waals surface area (Å²) in [5.41, 5.74) is 0.782. The van der Waals surface area contributed by atoms with E-state index in [1.807, 2.05) is 9.80 Å². The van der Waals surface area contributed by atoms with E-state index in [0.29, 0.717) is 50.8 Å². The Morgan fingerprint density at radius 3 is 2.29 bits per heavy atom. The number of piperazine rings is 1. The van der Waals surface area contributed by atoms with Crippen LogP contribution in [0.2, 0.25) is 0 Å². The zero-order chi connectivity index (χ0) is 17.1. The van der Waals surface area contributed by atoms with Crippen molar-refractivity contribution >= 4 is 17.1 Å². The van der Waals surface area contributed by atoms with Gasteiger partial charge in [-0.15, -0.1) is 0 Å². The predicted molar refractivity (Wildman–Crippen MR) is 90.4 cm³/mol. The molecule has 2 saturated heterocycles. The molecule has 2 aliphatic heterocycles. The lowest BCUT2D eigenvalue weighted by molar-refractivity contribution is -0.384. The Hall–Kier alpha value is -1.93. The van der Waals surface area contributed by atoms with E-state index in [9.17, 15) is 14.5 Å². The quantitative estimate of drug-likeness (QED) is 0.615. The van der Waals surface area contributed by atoms with Crippen LogP contribution in [0.4, 0.5) is 21.5 Å². The van der Waals surface area contributed by atoms with Gasteiger partial charge in [-0.25, -0.2) is 4.39 Å². The molecule has 0 unspecified atom stereocenters. The van der Waals surface area contributed by atoms with Crippen molar-refractivity contribution < 1.29 is 14.1 Å². The van der Waals surface area contributed by atoms with Crippen molar-refractivity contribution in [1.29, 1.82) is 0 Å². The van der Waals surface area contributed by atoms with Crippen LogP contribution in [-0.4, -0.2) is 68.9 Å². The standard InChI is InChI=1S/C16H23FN4O3/c1-2-18-3-5-19(6-4-18)15-12-14(20-7-9-24-10-8-20)13(17)11-16(15)21(22)23/h11-12H,2-10H2,1H3. The van der Waals surface area contributed by atoms with Gasteiger partial charge in [-0.2, -0.15) is 0 Å². The van der Waals surface area contributed by atoms with Crippen LogP contribution in [0.1, 0.15) is 6.92 Å². The smallest absolute Gasteiger partial charge is 0.295 e. The molecule has 0 bridgehead atoms. The summed E-state index contributed by atoms with van der Waals surface area (Å²) < 4.78 is 19.8. The number of hydrogen-bond acceptors (Lipinski definition) is 6. The fourth-order valence-corrected chi connectivity index (χ4v) is 3.29. The molecular weight excluding hydrogens is 315 g/mol.